The zero-order valence-electron chi connectivity index (χ0n) is 8.96. The molecule has 0 aromatic carbocycles. The van der Waals surface area contributed by atoms with E-state index < -0.39 is 5.60 Å². The van der Waals surface area contributed by atoms with Gasteiger partial charge in [-0.05, 0) is 19.4 Å². The molecule has 2 fully saturated rings. The molecular weight excluding hydrogens is 178 g/mol. The van der Waals surface area contributed by atoms with Gasteiger partial charge in [-0.1, -0.05) is 12.8 Å². The highest BCUT2D eigenvalue weighted by Crippen LogP contribution is 2.39. The van der Waals surface area contributed by atoms with Gasteiger partial charge in [-0.2, -0.15) is 0 Å². The monoisotopic (exact) mass is 199 g/mol. The fourth-order valence-electron chi connectivity index (χ4n) is 2.67. The summed E-state index contributed by atoms with van der Waals surface area (Å²) >= 11 is 0. The maximum absolute atomic E-state index is 10.3. The van der Waals surface area contributed by atoms with Gasteiger partial charge in [0.25, 0.3) is 0 Å². The van der Waals surface area contributed by atoms with Crippen LogP contribution < -0.4 is 5.32 Å². The third-order valence-electron chi connectivity index (χ3n) is 3.70. The predicted molar refractivity (Wildman–Crippen MR) is 55.2 cm³/mol. The fourth-order valence-corrected chi connectivity index (χ4v) is 2.67. The van der Waals surface area contributed by atoms with E-state index in [4.69, 9.17) is 4.74 Å². The number of hydrogen-bond donors (Lipinski definition) is 2. The Balaban J connectivity index is 1.87. The van der Waals surface area contributed by atoms with E-state index in [1.165, 1.54) is 19.3 Å². The SMILES string of the molecule is COC1CC(O)(C2CCCCCN2)C1. The topological polar surface area (TPSA) is 41.5 Å². The Morgan fingerprint density at radius 2 is 2.07 bits per heavy atom. The molecule has 0 aromatic rings. The molecule has 1 aliphatic carbocycles. The minimum absolute atomic E-state index is 0.282. The maximum Gasteiger partial charge on any atom is 0.0849 e. The van der Waals surface area contributed by atoms with Gasteiger partial charge in [-0.25, -0.2) is 0 Å². The summed E-state index contributed by atoms with van der Waals surface area (Å²) in [6.07, 6.45) is 6.81. The van der Waals surface area contributed by atoms with Gasteiger partial charge < -0.3 is 15.2 Å². The highest BCUT2D eigenvalue weighted by Gasteiger charge is 2.48. The molecule has 1 atom stereocenters. The predicted octanol–water partition coefficient (Wildman–Crippen LogP) is 1.06. The average molecular weight is 199 g/mol. The van der Waals surface area contributed by atoms with Crippen molar-refractivity contribution in [1.82, 2.24) is 5.32 Å². The molecule has 0 spiro atoms. The Bertz CT molecular complexity index is 182. The van der Waals surface area contributed by atoms with E-state index in [1.807, 2.05) is 0 Å². The van der Waals surface area contributed by atoms with Gasteiger partial charge in [0.15, 0.2) is 0 Å². The standard InChI is InChI=1S/C11H21NO2/c1-14-9-7-11(13,8-9)10-5-3-2-4-6-12-10/h9-10,12-13H,2-8H2,1H3. The van der Waals surface area contributed by atoms with Crippen molar-refractivity contribution >= 4 is 0 Å². The van der Waals surface area contributed by atoms with Crippen molar-refractivity contribution in [2.45, 2.75) is 56.3 Å². The Hall–Kier alpha value is -0.120. The third-order valence-corrected chi connectivity index (χ3v) is 3.70. The minimum atomic E-state index is -0.481. The summed E-state index contributed by atoms with van der Waals surface area (Å²) < 4.78 is 5.22. The number of hydrogen-bond acceptors (Lipinski definition) is 3. The van der Waals surface area contributed by atoms with Gasteiger partial charge >= 0.3 is 0 Å². The maximum atomic E-state index is 10.3. The normalized spacial score (nSPS) is 44.1. The number of aliphatic hydroxyl groups is 1. The molecule has 1 unspecified atom stereocenters. The molecule has 82 valence electrons. The second-order valence-electron chi connectivity index (χ2n) is 4.73. The quantitative estimate of drug-likeness (QED) is 0.698. The molecule has 0 radical (unpaired) electrons. The molecule has 1 saturated carbocycles. The van der Waals surface area contributed by atoms with Crippen LogP contribution in [0.25, 0.3) is 0 Å². The van der Waals surface area contributed by atoms with E-state index in [0.29, 0.717) is 6.04 Å². The molecule has 14 heavy (non-hydrogen) atoms. The first-order valence-corrected chi connectivity index (χ1v) is 5.73. The van der Waals surface area contributed by atoms with Crippen LogP contribution >= 0.6 is 0 Å². The van der Waals surface area contributed by atoms with Gasteiger partial charge in [0, 0.05) is 26.0 Å². The largest absolute Gasteiger partial charge is 0.388 e. The summed E-state index contributed by atoms with van der Waals surface area (Å²) in [5, 5.41) is 13.8. The smallest absolute Gasteiger partial charge is 0.0849 e. The Morgan fingerprint density at radius 3 is 2.79 bits per heavy atom. The van der Waals surface area contributed by atoms with Crippen molar-refractivity contribution in [2.75, 3.05) is 13.7 Å². The molecule has 2 rings (SSSR count). The molecule has 0 bridgehead atoms. The van der Waals surface area contributed by atoms with E-state index in [9.17, 15) is 5.11 Å². The van der Waals surface area contributed by atoms with Gasteiger partial charge in [0.05, 0.1) is 11.7 Å². The first kappa shape index (κ1) is 10.4. The molecular formula is C11H21NO2. The van der Waals surface area contributed by atoms with Crippen LogP contribution in [0.15, 0.2) is 0 Å². The molecule has 2 aliphatic rings. The van der Waals surface area contributed by atoms with E-state index in [2.05, 4.69) is 5.32 Å². The number of rotatable bonds is 2. The second kappa shape index (κ2) is 4.17. The van der Waals surface area contributed by atoms with Crippen LogP contribution in [0.1, 0.15) is 38.5 Å². The van der Waals surface area contributed by atoms with Gasteiger partial charge in [0.2, 0.25) is 0 Å². The van der Waals surface area contributed by atoms with Crippen molar-refractivity contribution in [3.63, 3.8) is 0 Å². The highest BCUT2D eigenvalue weighted by atomic mass is 16.5. The van der Waals surface area contributed by atoms with Crippen molar-refractivity contribution in [3.05, 3.63) is 0 Å². The average Bonchev–Trinajstić information content (AvgIpc) is 2.40. The highest BCUT2D eigenvalue weighted by molar-refractivity contribution is 5.03. The summed E-state index contributed by atoms with van der Waals surface area (Å²) in [5.41, 5.74) is -0.481. The first-order chi connectivity index (χ1) is 6.74. The number of nitrogens with one attached hydrogen (secondary N) is 1. The lowest BCUT2D eigenvalue weighted by atomic mass is 9.71. The van der Waals surface area contributed by atoms with Crippen molar-refractivity contribution in [2.24, 2.45) is 0 Å². The van der Waals surface area contributed by atoms with Crippen LogP contribution in [0.4, 0.5) is 0 Å². The Morgan fingerprint density at radius 1 is 1.29 bits per heavy atom. The van der Waals surface area contributed by atoms with Crippen LogP contribution in [0.5, 0.6) is 0 Å². The molecule has 1 saturated heterocycles. The van der Waals surface area contributed by atoms with Gasteiger partial charge in [-0.3, -0.25) is 0 Å². The van der Waals surface area contributed by atoms with Crippen molar-refractivity contribution in [1.29, 1.82) is 0 Å². The number of methoxy groups -OCH3 is 1. The summed E-state index contributed by atoms with van der Waals surface area (Å²) in [6, 6.07) is 0.302. The van der Waals surface area contributed by atoms with Crippen molar-refractivity contribution < 1.29 is 9.84 Å². The van der Waals surface area contributed by atoms with E-state index in [0.717, 1.165) is 25.8 Å². The summed E-state index contributed by atoms with van der Waals surface area (Å²) in [6.45, 7) is 1.06. The summed E-state index contributed by atoms with van der Waals surface area (Å²) in [5.74, 6) is 0. The van der Waals surface area contributed by atoms with Gasteiger partial charge in [0.1, 0.15) is 0 Å². The molecule has 0 amide bonds. The van der Waals surface area contributed by atoms with Crippen LogP contribution in [-0.4, -0.2) is 36.5 Å². The zero-order valence-corrected chi connectivity index (χ0v) is 8.96. The van der Waals surface area contributed by atoms with E-state index in [1.54, 1.807) is 7.11 Å². The molecule has 1 heterocycles. The number of ether oxygens (including phenoxy) is 1. The van der Waals surface area contributed by atoms with Crippen LogP contribution in [-0.2, 0) is 4.74 Å². The third kappa shape index (κ3) is 1.95. The molecule has 3 nitrogen and oxygen atoms in total. The first-order valence-electron chi connectivity index (χ1n) is 5.73. The molecule has 3 heteroatoms. The minimum Gasteiger partial charge on any atom is -0.388 e. The lowest BCUT2D eigenvalue weighted by Crippen LogP contribution is -2.60. The Labute approximate surface area is 85.8 Å². The summed E-state index contributed by atoms with van der Waals surface area (Å²) in [7, 11) is 1.73. The van der Waals surface area contributed by atoms with E-state index in [-0.39, 0.29) is 6.10 Å². The van der Waals surface area contributed by atoms with E-state index >= 15 is 0 Å². The lowest BCUT2D eigenvalue weighted by Gasteiger charge is -2.47. The lowest BCUT2D eigenvalue weighted by molar-refractivity contribution is -0.146. The molecule has 2 N–H and O–H groups in total. The van der Waals surface area contributed by atoms with Crippen LogP contribution in [0, 0.1) is 0 Å². The zero-order chi connectivity index (χ0) is 10.0. The van der Waals surface area contributed by atoms with Crippen molar-refractivity contribution in [3.8, 4) is 0 Å². The summed E-state index contributed by atoms with van der Waals surface area (Å²) in [4.78, 5) is 0. The van der Waals surface area contributed by atoms with Crippen LogP contribution in [0.3, 0.4) is 0 Å². The molecule has 1 aliphatic heterocycles. The Kier molecular flexibility index (Phi) is 3.10. The van der Waals surface area contributed by atoms with Gasteiger partial charge in [-0.15, -0.1) is 0 Å². The molecule has 0 aromatic heterocycles. The fraction of sp³-hybridized carbons (Fsp3) is 1.00. The second-order valence-corrected chi connectivity index (χ2v) is 4.73. The van der Waals surface area contributed by atoms with Crippen LogP contribution in [0.2, 0.25) is 0 Å².